The lowest BCUT2D eigenvalue weighted by molar-refractivity contribution is -0.106. The molecule has 30 heavy (non-hydrogen) atoms. The van der Waals surface area contributed by atoms with Crippen LogP contribution in [-0.2, 0) is 4.79 Å². The summed E-state index contributed by atoms with van der Waals surface area (Å²) in [4.78, 5) is 23.2. The summed E-state index contributed by atoms with van der Waals surface area (Å²) in [5.74, 6) is 1.20. The number of aromatic nitrogens is 2. The van der Waals surface area contributed by atoms with E-state index < -0.39 is 0 Å². The molecule has 1 N–H and O–H groups in total. The highest BCUT2D eigenvalue weighted by atomic mass is 16.5. The highest BCUT2D eigenvalue weighted by Gasteiger charge is 2.32. The van der Waals surface area contributed by atoms with Crippen LogP contribution < -0.4 is 10.1 Å². The van der Waals surface area contributed by atoms with Gasteiger partial charge in [-0.25, -0.2) is 4.52 Å². The van der Waals surface area contributed by atoms with E-state index >= 15 is 0 Å². The minimum absolute atomic E-state index is 0.0658. The molecule has 3 heterocycles. The fourth-order valence-corrected chi connectivity index (χ4v) is 3.23. The Morgan fingerprint density at radius 3 is 2.57 bits per heavy atom. The number of nitrogens with one attached hydrogen (secondary N) is 1. The average Bonchev–Trinajstić information content (AvgIpc) is 3.06. The summed E-state index contributed by atoms with van der Waals surface area (Å²) in [6.07, 6.45) is 4.12. The van der Waals surface area contributed by atoms with Gasteiger partial charge < -0.3 is 19.7 Å². The SMILES string of the molecule is CC=O.CNc1ccc(Oc2ccnn3cc(C(=O)N4CC(C#N)C4)c(C)c23)cc1. The van der Waals surface area contributed by atoms with Crippen molar-refractivity contribution in [2.45, 2.75) is 13.8 Å². The van der Waals surface area contributed by atoms with Gasteiger partial charge in [-0.15, -0.1) is 0 Å². The Morgan fingerprint density at radius 1 is 1.30 bits per heavy atom. The van der Waals surface area contributed by atoms with Crippen molar-refractivity contribution in [2.75, 3.05) is 25.5 Å². The van der Waals surface area contributed by atoms with Gasteiger partial charge in [0.15, 0.2) is 5.75 Å². The fraction of sp³-hybridized carbons (Fsp3) is 0.273. The first-order valence-corrected chi connectivity index (χ1v) is 9.53. The van der Waals surface area contributed by atoms with E-state index in [0.717, 1.165) is 23.1 Å². The van der Waals surface area contributed by atoms with Gasteiger partial charge in [-0.2, -0.15) is 10.4 Å². The second-order valence-electron chi connectivity index (χ2n) is 6.80. The number of ether oxygens (including phenoxy) is 1. The van der Waals surface area contributed by atoms with Crippen LogP contribution in [0.4, 0.5) is 5.69 Å². The standard InChI is InChI=1S/C20H19N5O2.C2H4O/c1-13-17(20(26)24-10-14(9-21)11-24)12-25-19(13)18(7-8-23-25)27-16-5-3-15(22-2)4-6-16;1-2-3/h3-8,12,14,22H,10-11H2,1-2H3;2H,1H3. The van der Waals surface area contributed by atoms with Crippen molar-refractivity contribution in [3.63, 3.8) is 0 Å². The number of benzene rings is 1. The third kappa shape index (κ3) is 4.10. The highest BCUT2D eigenvalue weighted by Crippen LogP contribution is 2.31. The molecule has 0 unspecified atom stereocenters. The van der Waals surface area contributed by atoms with Crippen LogP contribution in [0, 0.1) is 24.2 Å². The predicted octanol–water partition coefficient (Wildman–Crippen LogP) is 3.28. The minimum Gasteiger partial charge on any atom is -0.455 e. The first-order chi connectivity index (χ1) is 14.5. The van der Waals surface area contributed by atoms with Gasteiger partial charge in [0.25, 0.3) is 5.91 Å². The number of aryl methyl sites for hydroxylation is 1. The Labute approximate surface area is 174 Å². The number of aldehydes is 1. The fourth-order valence-electron chi connectivity index (χ4n) is 3.23. The molecule has 0 bridgehead atoms. The summed E-state index contributed by atoms with van der Waals surface area (Å²) in [6.45, 7) is 4.30. The molecule has 1 fully saturated rings. The van der Waals surface area contributed by atoms with Crippen LogP contribution >= 0.6 is 0 Å². The van der Waals surface area contributed by atoms with E-state index in [0.29, 0.717) is 30.2 Å². The van der Waals surface area contributed by atoms with Crippen LogP contribution in [0.3, 0.4) is 0 Å². The number of likely N-dealkylation sites (tertiary alicyclic amines) is 1. The molecule has 1 aliphatic rings. The van der Waals surface area contributed by atoms with Crippen molar-refractivity contribution in [3.05, 3.63) is 53.9 Å². The maximum absolute atomic E-state index is 12.7. The Hall–Kier alpha value is -3.86. The van der Waals surface area contributed by atoms with Crippen molar-refractivity contribution in [1.82, 2.24) is 14.5 Å². The second kappa shape index (κ2) is 9.09. The van der Waals surface area contributed by atoms with Gasteiger partial charge in [0.2, 0.25) is 0 Å². The van der Waals surface area contributed by atoms with E-state index in [1.165, 1.54) is 6.92 Å². The second-order valence-corrected chi connectivity index (χ2v) is 6.80. The van der Waals surface area contributed by atoms with E-state index in [-0.39, 0.29) is 11.8 Å². The summed E-state index contributed by atoms with van der Waals surface area (Å²) in [5.41, 5.74) is 3.16. The van der Waals surface area contributed by atoms with E-state index in [4.69, 9.17) is 14.8 Å². The van der Waals surface area contributed by atoms with Crippen LogP contribution in [0.1, 0.15) is 22.8 Å². The number of hydrogen-bond donors (Lipinski definition) is 1. The summed E-state index contributed by atoms with van der Waals surface area (Å²) in [6, 6.07) is 11.6. The van der Waals surface area contributed by atoms with Gasteiger partial charge >= 0.3 is 0 Å². The molecule has 1 amide bonds. The molecule has 8 heteroatoms. The molecular weight excluding hydrogens is 382 g/mol. The average molecular weight is 405 g/mol. The van der Waals surface area contributed by atoms with Crippen LogP contribution in [0.15, 0.2) is 42.7 Å². The van der Waals surface area contributed by atoms with Crippen LogP contribution in [0.25, 0.3) is 5.52 Å². The molecule has 1 aromatic carbocycles. The number of carbonyl (C=O) groups excluding carboxylic acids is 2. The van der Waals surface area contributed by atoms with Gasteiger partial charge in [0.1, 0.15) is 17.6 Å². The van der Waals surface area contributed by atoms with Crippen molar-refractivity contribution in [1.29, 1.82) is 5.26 Å². The molecule has 1 aliphatic heterocycles. The van der Waals surface area contributed by atoms with Gasteiger partial charge in [-0.1, -0.05) is 0 Å². The van der Waals surface area contributed by atoms with E-state index in [2.05, 4.69) is 16.5 Å². The summed E-state index contributed by atoms with van der Waals surface area (Å²) in [5, 5.41) is 16.3. The first-order valence-electron chi connectivity index (χ1n) is 9.53. The molecule has 1 saturated heterocycles. The molecule has 3 aromatic rings. The zero-order valence-corrected chi connectivity index (χ0v) is 17.1. The maximum atomic E-state index is 12.7. The van der Waals surface area contributed by atoms with Crippen molar-refractivity contribution >= 4 is 23.4 Å². The molecule has 0 atom stereocenters. The normalized spacial score (nSPS) is 12.9. The van der Waals surface area contributed by atoms with Crippen molar-refractivity contribution in [3.8, 4) is 17.6 Å². The van der Waals surface area contributed by atoms with Gasteiger partial charge in [0.05, 0.1) is 23.7 Å². The Bertz CT molecular complexity index is 1090. The lowest BCUT2D eigenvalue weighted by Crippen LogP contribution is -2.49. The van der Waals surface area contributed by atoms with E-state index in [1.807, 2.05) is 38.2 Å². The monoisotopic (exact) mass is 405 g/mol. The number of hydrogen-bond acceptors (Lipinski definition) is 6. The van der Waals surface area contributed by atoms with Crippen LogP contribution in [0.5, 0.6) is 11.5 Å². The largest absolute Gasteiger partial charge is 0.455 e. The number of rotatable bonds is 4. The summed E-state index contributed by atoms with van der Waals surface area (Å²) in [7, 11) is 1.86. The predicted molar refractivity (Wildman–Crippen MR) is 113 cm³/mol. The summed E-state index contributed by atoms with van der Waals surface area (Å²) < 4.78 is 7.71. The van der Waals surface area contributed by atoms with Gasteiger partial charge in [-0.05, 0) is 43.7 Å². The third-order valence-electron chi connectivity index (χ3n) is 4.84. The van der Waals surface area contributed by atoms with E-state index in [9.17, 15) is 4.79 Å². The molecule has 8 nitrogen and oxygen atoms in total. The Kier molecular flexibility index (Phi) is 6.32. The zero-order chi connectivity index (χ0) is 21.7. The topological polar surface area (TPSA) is 99.7 Å². The van der Waals surface area contributed by atoms with E-state index in [1.54, 1.807) is 27.9 Å². The molecule has 154 valence electrons. The zero-order valence-electron chi connectivity index (χ0n) is 17.1. The Morgan fingerprint density at radius 2 is 1.97 bits per heavy atom. The first kappa shape index (κ1) is 20.9. The molecule has 0 aliphatic carbocycles. The van der Waals surface area contributed by atoms with Gasteiger partial charge in [-0.3, -0.25) is 4.79 Å². The van der Waals surface area contributed by atoms with Crippen molar-refractivity contribution in [2.24, 2.45) is 5.92 Å². The molecule has 0 saturated carbocycles. The molecular formula is C22H23N5O3. The lowest BCUT2D eigenvalue weighted by atomic mass is 10.0. The number of nitrogens with zero attached hydrogens (tertiary/aromatic N) is 4. The number of amides is 1. The number of fused-ring (bicyclic) bond motifs is 1. The number of nitriles is 1. The van der Waals surface area contributed by atoms with Gasteiger partial charge in [0, 0.05) is 38.1 Å². The lowest BCUT2D eigenvalue weighted by Gasteiger charge is -2.35. The van der Waals surface area contributed by atoms with Crippen LogP contribution in [-0.4, -0.2) is 46.8 Å². The minimum atomic E-state index is -0.0752. The molecule has 0 spiro atoms. The smallest absolute Gasteiger partial charge is 0.255 e. The van der Waals surface area contributed by atoms with Crippen LogP contribution in [0.2, 0.25) is 0 Å². The Balaban J connectivity index is 0.000000806. The number of carbonyl (C=O) groups is 2. The quantitative estimate of drug-likeness (QED) is 0.669. The third-order valence-corrected chi connectivity index (χ3v) is 4.84. The molecule has 2 aromatic heterocycles. The maximum Gasteiger partial charge on any atom is 0.255 e. The highest BCUT2D eigenvalue weighted by molar-refractivity contribution is 5.98. The number of anilines is 1. The summed E-state index contributed by atoms with van der Waals surface area (Å²) >= 11 is 0. The molecule has 0 radical (unpaired) electrons. The molecule has 4 rings (SSSR count). The van der Waals surface area contributed by atoms with Crippen molar-refractivity contribution < 1.29 is 14.3 Å².